The van der Waals surface area contributed by atoms with Gasteiger partial charge in [0.05, 0.1) is 24.3 Å². The third-order valence-corrected chi connectivity index (χ3v) is 5.27. The van der Waals surface area contributed by atoms with Crippen molar-refractivity contribution >= 4 is 16.9 Å². The van der Waals surface area contributed by atoms with Gasteiger partial charge >= 0.3 is 0 Å². The monoisotopic (exact) mass is 369 g/mol. The molecule has 4 rings (SSSR count). The van der Waals surface area contributed by atoms with Gasteiger partial charge in [0.15, 0.2) is 5.65 Å². The summed E-state index contributed by atoms with van der Waals surface area (Å²) in [7, 11) is 0. The number of fused-ring (bicyclic) bond motifs is 1. The molecule has 6 nitrogen and oxygen atoms in total. The lowest BCUT2D eigenvalue weighted by Gasteiger charge is -2.30. The van der Waals surface area contributed by atoms with Crippen molar-refractivity contribution in [3.05, 3.63) is 47.9 Å². The molecule has 3 aromatic rings. The maximum Gasteiger partial charge on any atom is 0.160 e. The van der Waals surface area contributed by atoms with Crippen molar-refractivity contribution in [2.24, 2.45) is 0 Å². The minimum Gasteiger partial charge on any atom is -0.375 e. The van der Waals surface area contributed by atoms with Crippen molar-refractivity contribution in [1.82, 2.24) is 20.2 Å². The van der Waals surface area contributed by atoms with Crippen molar-refractivity contribution in [1.29, 1.82) is 0 Å². The summed E-state index contributed by atoms with van der Waals surface area (Å²) in [6.45, 7) is 2.05. The number of anilines is 1. The lowest BCUT2D eigenvalue weighted by molar-refractivity contribution is -0.00259. The summed E-state index contributed by atoms with van der Waals surface area (Å²) >= 11 is 0. The predicted octanol–water partition coefficient (Wildman–Crippen LogP) is 4.11. The van der Waals surface area contributed by atoms with E-state index in [0.717, 1.165) is 53.7 Å². The van der Waals surface area contributed by atoms with Gasteiger partial charge in [0.2, 0.25) is 0 Å². The highest BCUT2D eigenvalue weighted by Crippen LogP contribution is 2.28. The molecular formula is C20H24FN5O. The topological polar surface area (TPSA) is 75.7 Å². The summed E-state index contributed by atoms with van der Waals surface area (Å²) in [6, 6.07) is 7.90. The zero-order chi connectivity index (χ0) is 18.6. The number of aromatic amines is 1. The fraction of sp³-hybridized carbons (Fsp3) is 0.450. The van der Waals surface area contributed by atoms with E-state index in [1.165, 1.54) is 6.33 Å². The van der Waals surface area contributed by atoms with E-state index in [9.17, 15) is 4.39 Å². The highest BCUT2D eigenvalue weighted by molar-refractivity contribution is 5.85. The van der Waals surface area contributed by atoms with Crippen LogP contribution in [0.2, 0.25) is 0 Å². The quantitative estimate of drug-likeness (QED) is 0.684. The Morgan fingerprint density at radius 1 is 1.22 bits per heavy atom. The van der Waals surface area contributed by atoms with Crippen molar-refractivity contribution in [2.45, 2.75) is 50.9 Å². The van der Waals surface area contributed by atoms with E-state index in [1.54, 1.807) is 6.20 Å². The Hall–Kier alpha value is -2.54. The lowest BCUT2D eigenvalue weighted by atomic mass is 9.93. The molecule has 0 saturated heterocycles. The van der Waals surface area contributed by atoms with E-state index >= 15 is 0 Å². The number of aryl methyl sites for hydroxylation is 1. The van der Waals surface area contributed by atoms with Crippen LogP contribution in [0, 0.1) is 6.92 Å². The Morgan fingerprint density at radius 3 is 2.85 bits per heavy atom. The first-order valence-corrected chi connectivity index (χ1v) is 9.42. The number of ether oxygens (including phenoxy) is 1. The van der Waals surface area contributed by atoms with Crippen LogP contribution in [0.5, 0.6) is 0 Å². The number of benzene rings is 1. The third-order valence-electron chi connectivity index (χ3n) is 5.27. The van der Waals surface area contributed by atoms with Crippen molar-refractivity contribution in [2.75, 3.05) is 11.9 Å². The number of nitrogens with zero attached hydrogens (tertiary/aromatic N) is 3. The molecule has 0 radical (unpaired) electrons. The maximum atomic E-state index is 14.5. The van der Waals surface area contributed by atoms with Gasteiger partial charge < -0.3 is 10.1 Å². The second kappa shape index (κ2) is 8.00. The second-order valence-corrected chi connectivity index (χ2v) is 7.13. The molecule has 2 heterocycles. The first-order chi connectivity index (χ1) is 13.2. The van der Waals surface area contributed by atoms with Crippen molar-refractivity contribution in [3.63, 3.8) is 0 Å². The Kier molecular flexibility index (Phi) is 5.29. The maximum absolute atomic E-state index is 14.5. The first-order valence-electron chi connectivity index (χ1n) is 9.42. The van der Waals surface area contributed by atoms with Crippen LogP contribution in [0.1, 0.15) is 43.0 Å². The minimum absolute atomic E-state index is 0.115. The van der Waals surface area contributed by atoms with Crippen LogP contribution < -0.4 is 5.32 Å². The molecule has 1 aliphatic carbocycles. The number of H-pyrrole nitrogens is 1. The Bertz CT molecular complexity index is 891. The summed E-state index contributed by atoms with van der Waals surface area (Å²) < 4.78 is 20.3. The van der Waals surface area contributed by atoms with Gasteiger partial charge in [-0.15, -0.1) is 0 Å². The van der Waals surface area contributed by atoms with E-state index in [0.29, 0.717) is 6.04 Å². The number of hydrogen-bond acceptors (Lipinski definition) is 5. The van der Waals surface area contributed by atoms with E-state index in [2.05, 4.69) is 25.5 Å². The molecule has 1 aliphatic rings. The number of alkyl halides is 1. The molecule has 1 atom stereocenters. The standard InChI is InChI=1S/C20H24FN5O/c1-13-4-2-3-5-16(13)18(21)11-27-15-8-6-14(7-9-15)25-19-17-10-24-26-20(17)23-12-22-19/h2-5,10,12,14-15,18H,6-9,11H2,1H3,(H2,22,23,24,25,26). The van der Waals surface area contributed by atoms with E-state index in [1.807, 2.05) is 31.2 Å². The summed E-state index contributed by atoms with van der Waals surface area (Å²) in [5.74, 6) is 0.807. The first kappa shape index (κ1) is 17.9. The Balaban J connectivity index is 1.27. The lowest BCUT2D eigenvalue weighted by Crippen LogP contribution is -2.30. The van der Waals surface area contributed by atoms with Gasteiger partial charge in [-0.3, -0.25) is 5.10 Å². The van der Waals surface area contributed by atoms with Gasteiger partial charge in [-0.1, -0.05) is 24.3 Å². The molecule has 1 saturated carbocycles. The molecular weight excluding hydrogens is 345 g/mol. The largest absolute Gasteiger partial charge is 0.375 e. The SMILES string of the molecule is Cc1ccccc1C(F)COC1CCC(Nc2ncnc3[nH]ncc23)CC1. The summed E-state index contributed by atoms with van der Waals surface area (Å²) in [6.07, 6.45) is 6.08. The molecule has 27 heavy (non-hydrogen) atoms. The zero-order valence-electron chi connectivity index (χ0n) is 15.4. The number of rotatable bonds is 6. The number of halogens is 1. The molecule has 2 N–H and O–H groups in total. The van der Waals surface area contributed by atoms with Crippen molar-refractivity contribution in [3.8, 4) is 0 Å². The van der Waals surface area contributed by atoms with Crippen LogP contribution in [-0.4, -0.2) is 38.9 Å². The van der Waals surface area contributed by atoms with Crippen LogP contribution in [-0.2, 0) is 4.74 Å². The number of aromatic nitrogens is 4. The van der Waals surface area contributed by atoms with Crippen LogP contribution in [0.15, 0.2) is 36.8 Å². The van der Waals surface area contributed by atoms with Crippen LogP contribution in [0.25, 0.3) is 11.0 Å². The van der Waals surface area contributed by atoms with Gasteiger partial charge in [-0.05, 0) is 43.7 Å². The normalized spacial score (nSPS) is 21.3. The van der Waals surface area contributed by atoms with E-state index < -0.39 is 6.17 Å². The van der Waals surface area contributed by atoms with Crippen LogP contribution >= 0.6 is 0 Å². The van der Waals surface area contributed by atoms with E-state index in [4.69, 9.17) is 4.74 Å². The van der Waals surface area contributed by atoms with Gasteiger partial charge in [0, 0.05) is 6.04 Å². The molecule has 0 bridgehead atoms. The minimum atomic E-state index is -1.07. The average molecular weight is 369 g/mol. The molecule has 7 heteroatoms. The zero-order valence-corrected chi connectivity index (χ0v) is 15.4. The van der Waals surface area contributed by atoms with Gasteiger partial charge in [0.1, 0.15) is 18.3 Å². The highest BCUT2D eigenvalue weighted by Gasteiger charge is 2.24. The molecule has 2 aromatic heterocycles. The second-order valence-electron chi connectivity index (χ2n) is 7.13. The molecule has 1 aromatic carbocycles. The van der Waals surface area contributed by atoms with Gasteiger partial charge in [-0.25, -0.2) is 14.4 Å². The smallest absolute Gasteiger partial charge is 0.160 e. The molecule has 142 valence electrons. The van der Waals surface area contributed by atoms with Crippen molar-refractivity contribution < 1.29 is 9.13 Å². The molecule has 1 fully saturated rings. The molecule has 0 amide bonds. The van der Waals surface area contributed by atoms with Crippen LogP contribution in [0.4, 0.5) is 10.2 Å². The summed E-state index contributed by atoms with van der Waals surface area (Å²) in [4.78, 5) is 8.48. The highest BCUT2D eigenvalue weighted by atomic mass is 19.1. The summed E-state index contributed by atoms with van der Waals surface area (Å²) in [5.41, 5.74) is 2.42. The molecule has 0 spiro atoms. The fourth-order valence-corrected chi connectivity index (χ4v) is 3.70. The van der Waals surface area contributed by atoms with Crippen LogP contribution in [0.3, 0.4) is 0 Å². The van der Waals surface area contributed by atoms with Gasteiger partial charge in [0.25, 0.3) is 0 Å². The Labute approximate surface area is 157 Å². The third kappa shape index (κ3) is 4.08. The molecule has 1 unspecified atom stereocenters. The summed E-state index contributed by atoms with van der Waals surface area (Å²) in [5, 5.41) is 11.3. The number of hydrogen-bond donors (Lipinski definition) is 2. The van der Waals surface area contributed by atoms with E-state index in [-0.39, 0.29) is 12.7 Å². The predicted molar refractivity (Wildman–Crippen MR) is 102 cm³/mol. The number of nitrogens with one attached hydrogen (secondary N) is 2. The van der Waals surface area contributed by atoms with Gasteiger partial charge in [-0.2, -0.15) is 5.10 Å². The average Bonchev–Trinajstić information content (AvgIpc) is 3.17. The molecule has 0 aliphatic heterocycles. The fourth-order valence-electron chi connectivity index (χ4n) is 3.70. The Morgan fingerprint density at radius 2 is 2.04 bits per heavy atom.